The zero-order chi connectivity index (χ0) is 25.6. The van der Waals surface area contributed by atoms with Gasteiger partial charge in [-0.3, -0.25) is 4.72 Å². The number of ether oxygens (including phenoxy) is 1. The third-order valence-corrected chi connectivity index (χ3v) is 8.88. The molecule has 1 unspecified atom stereocenters. The molecule has 7 heteroatoms. The molecular formula is C30H37N5OS. The van der Waals surface area contributed by atoms with Gasteiger partial charge in [0.2, 0.25) is 11.8 Å². The molecule has 2 aromatic carbocycles. The maximum Gasteiger partial charge on any atom is 0.237 e. The Morgan fingerprint density at radius 2 is 1.81 bits per heavy atom. The summed E-state index contributed by atoms with van der Waals surface area (Å²) in [5.41, 5.74) is 6.23. The topological polar surface area (TPSA) is 62.3 Å². The number of hydrogen-bond donors (Lipinski definition) is 2. The van der Waals surface area contributed by atoms with Crippen molar-refractivity contribution >= 4 is 23.6 Å². The highest BCUT2D eigenvalue weighted by atomic mass is 32.2. The largest absolute Gasteiger partial charge is 0.475 e. The number of anilines is 2. The van der Waals surface area contributed by atoms with Crippen LogP contribution in [0, 0.1) is 25.2 Å². The monoisotopic (exact) mass is 515 g/mol. The van der Waals surface area contributed by atoms with E-state index < -0.39 is 0 Å². The van der Waals surface area contributed by atoms with Crippen LogP contribution in [0.4, 0.5) is 11.6 Å². The van der Waals surface area contributed by atoms with Crippen LogP contribution in [0.1, 0.15) is 44.2 Å². The van der Waals surface area contributed by atoms with Crippen molar-refractivity contribution in [2.24, 2.45) is 11.3 Å². The third-order valence-electron chi connectivity index (χ3n) is 8.11. The minimum Gasteiger partial charge on any atom is -0.475 e. The molecule has 2 aliphatic heterocycles. The molecule has 6 rings (SSSR count). The third kappa shape index (κ3) is 4.91. The van der Waals surface area contributed by atoms with Gasteiger partial charge in [-0.15, -0.1) is 0 Å². The average Bonchev–Trinajstić information content (AvgIpc) is 2.81. The van der Waals surface area contributed by atoms with Crippen LogP contribution in [0.3, 0.4) is 0 Å². The fourth-order valence-corrected chi connectivity index (χ4v) is 6.94. The molecule has 2 fully saturated rings. The van der Waals surface area contributed by atoms with Crippen molar-refractivity contribution in [3.8, 4) is 17.1 Å². The van der Waals surface area contributed by atoms with E-state index in [9.17, 15) is 0 Å². The first-order valence-corrected chi connectivity index (χ1v) is 14.3. The molecule has 1 saturated carbocycles. The van der Waals surface area contributed by atoms with Gasteiger partial charge in [-0.1, -0.05) is 38.1 Å². The van der Waals surface area contributed by atoms with Crippen LogP contribution in [-0.2, 0) is 0 Å². The number of hydrogen-bond acceptors (Lipinski definition) is 7. The van der Waals surface area contributed by atoms with Gasteiger partial charge in [-0.05, 0) is 85.7 Å². The fraction of sp³-hybridized carbons (Fsp3) is 0.467. The SMILES string of the molecule is Cc1cccc(C)c1-c1cc2nc(n1)NSc1cccc(c1)N(C1CC3(CNC3)C1)C(CC(C)C)CO2. The second kappa shape index (κ2) is 9.84. The molecule has 0 amide bonds. The Kier molecular flexibility index (Phi) is 6.53. The quantitative estimate of drug-likeness (QED) is 0.399. The molecule has 3 aliphatic rings. The summed E-state index contributed by atoms with van der Waals surface area (Å²) in [4.78, 5) is 13.5. The van der Waals surface area contributed by atoms with Crippen LogP contribution < -0.4 is 19.7 Å². The summed E-state index contributed by atoms with van der Waals surface area (Å²) in [6.45, 7) is 11.8. The van der Waals surface area contributed by atoms with Gasteiger partial charge < -0.3 is 15.0 Å². The summed E-state index contributed by atoms with van der Waals surface area (Å²) in [7, 11) is 0. The smallest absolute Gasteiger partial charge is 0.237 e. The van der Waals surface area contributed by atoms with E-state index in [2.05, 4.69) is 85.1 Å². The molecule has 1 spiro atoms. The standard InChI is InChI=1S/C30H37N5OS/c1-19(2)11-23-16-36-27-13-26(28-20(3)7-5-8-21(28)4)32-29(33-27)34-37-25-10-6-9-22(12-25)35(23)24-14-30(15-24)17-31-18-30/h5-10,12-13,19,23-24,31H,11,14-18H2,1-4H3,(H,32,33,34). The van der Waals surface area contributed by atoms with Crippen LogP contribution in [-0.4, -0.2) is 41.7 Å². The minimum absolute atomic E-state index is 0.269. The van der Waals surface area contributed by atoms with Gasteiger partial charge in [0.15, 0.2) is 0 Å². The number of fused-ring (bicyclic) bond motifs is 4. The van der Waals surface area contributed by atoms with Gasteiger partial charge in [0.25, 0.3) is 0 Å². The number of rotatable bonds is 4. The lowest BCUT2D eigenvalue weighted by atomic mass is 9.61. The normalized spacial score (nSPS) is 20.8. The predicted molar refractivity (Wildman–Crippen MR) is 152 cm³/mol. The minimum atomic E-state index is 0.269. The van der Waals surface area contributed by atoms with Gasteiger partial charge in [0, 0.05) is 41.3 Å². The molecule has 194 valence electrons. The molecule has 4 bridgehead atoms. The Bertz CT molecular complexity index is 1260. The molecule has 3 aromatic rings. The predicted octanol–water partition coefficient (Wildman–Crippen LogP) is 6.25. The molecule has 1 saturated heterocycles. The molecule has 37 heavy (non-hydrogen) atoms. The van der Waals surface area contributed by atoms with Gasteiger partial charge in [0.05, 0.1) is 11.7 Å². The highest BCUT2D eigenvalue weighted by molar-refractivity contribution is 8.00. The van der Waals surface area contributed by atoms with Crippen molar-refractivity contribution in [2.45, 2.75) is 63.9 Å². The number of nitrogens with zero attached hydrogens (tertiary/aromatic N) is 3. The molecular weight excluding hydrogens is 478 g/mol. The molecule has 6 nitrogen and oxygen atoms in total. The lowest BCUT2D eigenvalue weighted by Gasteiger charge is -2.59. The first-order valence-electron chi connectivity index (χ1n) is 13.5. The first kappa shape index (κ1) is 24.6. The van der Waals surface area contributed by atoms with E-state index in [1.807, 2.05) is 6.07 Å². The van der Waals surface area contributed by atoms with E-state index in [4.69, 9.17) is 14.7 Å². The van der Waals surface area contributed by atoms with Crippen molar-refractivity contribution in [3.63, 3.8) is 0 Å². The second-order valence-corrected chi connectivity index (χ2v) is 12.4. The number of nitrogens with one attached hydrogen (secondary N) is 2. The average molecular weight is 516 g/mol. The Hall–Kier alpha value is -2.77. The summed E-state index contributed by atoms with van der Waals surface area (Å²) in [5.74, 6) is 1.76. The molecule has 1 atom stereocenters. The summed E-state index contributed by atoms with van der Waals surface area (Å²) in [6, 6.07) is 18.1. The Morgan fingerprint density at radius 3 is 2.51 bits per heavy atom. The molecule has 0 radical (unpaired) electrons. The molecule has 2 N–H and O–H groups in total. The van der Waals surface area contributed by atoms with Crippen LogP contribution in [0.5, 0.6) is 5.88 Å². The highest BCUT2D eigenvalue weighted by Crippen LogP contribution is 2.48. The van der Waals surface area contributed by atoms with Gasteiger partial charge >= 0.3 is 0 Å². The van der Waals surface area contributed by atoms with E-state index in [0.29, 0.717) is 35.8 Å². The fourth-order valence-electron chi connectivity index (χ4n) is 6.31. The van der Waals surface area contributed by atoms with Gasteiger partial charge in [0.1, 0.15) is 6.61 Å². The van der Waals surface area contributed by atoms with Crippen molar-refractivity contribution in [1.29, 1.82) is 0 Å². The Balaban J connectivity index is 1.38. The van der Waals surface area contributed by atoms with Crippen LogP contribution in [0.25, 0.3) is 11.3 Å². The maximum atomic E-state index is 6.53. The Labute approximate surface area is 224 Å². The lowest BCUT2D eigenvalue weighted by molar-refractivity contribution is 0.0294. The second-order valence-electron chi connectivity index (χ2n) is 11.6. The summed E-state index contributed by atoms with van der Waals surface area (Å²) in [5, 5.41) is 3.49. The van der Waals surface area contributed by atoms with Crippen molar-refractivity contribution in [3.05, 3.63) is 59.7 Å². The summed E-state index contributed by atoms with van der Waals surface area (Å²) >= 11 is 1.56. The first-order chi connectivity index (χ1) is 17.9. The Morgan fingerprint density at radius 1 is 1.05 bits per heavy atom. The highest BCUT2D eigenvalue weighted by Gasteiger charge is 2.51. The van der Waals surface area contributed by atoms with Crippen LogP contribution >= 0.6 is 11.9 Å². The van der Waals surface area contributed by atoms with Crippen LogP contribution in [0.15, 0.2) is 53.4 Å². The van der Waals surface area contributed by atoms with E-state index in [0.717, 1.165) is 35.7 Å². The van der Waals surface area contributed by atoms with Crippen molar-refractivity contribution in [2.75, 3.05) is 29.3 Å². The number of benzene rings is 2. The maximum absolute atomic E-state index is 6.53. The molecule has 3 heterocycles. The number of aryl methyl sites for hydroxylation is 2. The van der Waals surface area contributed by atoms with Crippen LogP contribution in [0.2, 0.25) is 0 Å². The van der Waals surface area contributed by atoms with Crippen molar-refractivity contribution in [1.82, 2.24) is 15.3 Å². The van der Waals surface area contributed by atoms with Gasteiger partial charge in [-0.25, -0.2) is 4.98 Å². The van der Waals surface area contributed by atoms with E-state index in [1.54, 1.807) is 11.9 Å². The lowest BCUT2D eigenvalue weighted by Crippen LogP contribution is -2.66. The van der Waals surface area contributed by atoms with Gasteiger partial charge in [-0.2, -0.15) is 4.98 Å². The van der Waals surface area contributed by atoms with E-state index >= 15 is 0 Å². The summed E-state index contributed by atoms with van der Waals surface area (Å²) in [6.07, 6.45) is 3.57. The molecule has 1 aliphatic carbocycles. The summed E-state index contributed by atoms with van der Waals surface area (Å²) < 4.78 is 9.93. The molecule has 1 aromatic heterocycles. The van der Waals surface area contributed by atoms with E-state index in [-0.39, 0.29) is 6.04 Å². The number of aromatic nitrogens is 2. The zero-order valence-corrected chi connectivity index (χ0v) is 23.1. The zero-order valence-electron chi connectivity index (χ0n) is 22.3. The van der Waals surface area contributed by atoms with Crippen molar-refractivity contribution < 1.29 is 4.74 Å². The van der Waals surface area contributed by atoms with E-state index in [1.165, 1.54) is 29.7 Å².